The second-order valence-corrected chi connectivity index (χ2v) is 9.51. The van der Waals surface area contributed by atoms with Crippen LogP contribution in [0.15, 0.2) is 48.5 Å². The Kier molecular flexibility index (Phi) is 7.29. The number of hydrogen-bond donors (Lipinski definition) is 0. The van der Waals surface area contributed by atoms with E-state index in [0.717, 1.165) is 23.8 Å². The molecular formula is C27H36N2O2. The van der Waals surface area contributed by atoms with E-state index in [1.54, 1.807) is 7.11 Å². The van der Waals surface area contributed by atoms with Gasteiger partial charge in [0, 0.05) is 13.1 Å². The highest BCUT2D eigenvalue weighted by molar-refractivity contribution is 5.79. The Morgan fingerprint density at radius 2 is 1.68 bits per heavy atom. The third-order valence-corrected chi connectivity index (χ3v) is 6.78. The van der Waals surface area contributed by atoms with E-state index >= 15 is 0 Å². The van der Waals surface area contributed by atoms with Crippen molar-refractivity contribution < 1.29 is 9.53 Å². The average Bonchev–Trinajstić information content (AvgIpc) is 3.60. The lowest BCUT2D eigenvalue weighted by atomic mass is 9.90. The van der Waals surface area contributed by atoms with Crippen LogP contribution in [0.1, 0.15) is 42.4 Å². The highest BCUT2D eigenvalue weighted by atomic mass is 16.5. The molecule has 1 heterocycles. The summed E-state index contributed by atoms with van der Waals surface area (Å²) in [5.41, 5.74) is 3.67. The SMILES string of the molecule is COc1cccc(CC(=O)N(Cc2ccc(CC3CCN(C)CC3)cc2)CC2CC2)c1. The van der Waals surface area contributed by atoms with Gasteiger partial charge in [0.05, 0.1) is 13.5 Å². The van der Waals surface area contributed by atoms with Crippen molar-refractivity contribution in [1.82, 2.24) is 9.80 Å². The summed E-state index contributed by atoms with van der Waals surface area (Å²) in [5, 5.41) is 0. The van der Waals surface area contributed by atoms with Crippen LogP contribution in [0.25, 0.3) is 0 Å². The van der Waals surface area contributed by atoms with E-state index < -0.39 is 0 Å². The Balaban J connectivity index is 1.36. The summed E-state index contributed by atoms with van der Waals surface area (Å²) in [7, 11) is 3.88. The molecule has 0 unspecified atom stereocenters. The Hall–Kier alpha value is -2.33. The number of benzene rings is 2. The maximum Gasteiger partial charge on any atom is 0.227 e. The van der Waals surface area contributed by atoms with Crippen LogP contribution in [-0.4, -0.2) is 49.5 Å². The van der Waals surface area contributed by atoms with E-state index in [0.29, 0.717) is 18.9 Å². The molecule has 0 bridgehead atoms. The molecule has 0 N–H and O–H groups in total. The third kappa shape index (κ3) is 6.57. The fourth-order valence-corrected chi connectivity index (χ4v) is 4.54. The van der Waals surface area contributed by atoms with E-state index in [4.69, 9.17) is 4.74 Å². The van der Waals surface area contributed by atoms with E-state index in [-0.39, 0.29) is 5.91 Å². The van der Waals surface area contributed by atoms with Crippen molar-refractivity contribution in [3.63, 3.8) is 0 Å². The summed E-state index contributed by atoms with van der Waals surface area (Å²) in [6.45, 7) is 4.01. The number of carbonyl (C=O) groups excluding carboxylic acids is 1. The Labute approximate surface area is 187 Å². The second-order valence-electron chi connectivity index (χ2n) is 9.51. The Bertz CT molecular complexity index is 852. The number of methoxy groups -OCH3 is 1. The van der Waals surface area contributed by atoms with Crippen LogP contribution >= 0.6 is 0 Å². The highest BCUT2D eigenvalue weighted by Crippen LogP contribution is 2.30. The molecule has 166 valence electrons. The predicted octanol–water partition coefficient (Wildman–Crippen LogP) is 4.56. The monoisotopic (exact) mass is 420 g/mol. The number of piperidine rings is 1. The number of nitrogens with zero attached hydrogens (tertiary/aromatic N) is 2. The highest BCUT2D eigenvalue weighted by Gasteiger charge is 2.27. The number of rotatable bonds is 9. The molecule has 0 radical (unpaired) electrons. The van der Waals surface area contributed by atoms with Gasteiger partial charge in [0.1, 0.15) is 5.75 Å². The average molecular weight is 421 g/mol. The standard InChI is InChI=1S/C27H36N2O2/c1-28-14-12-22(13-15-28)16-21-6-8-23(9-7-21)19-29(20-24-10-11-24)27(30)18-25-4-3-5-26(17-25)31-2/h3-9,17,22,24H,10-16,18-20H2,1-2H3. The van der Waals surface area contributed by atoms with Gasteiger partial charge in [-0.2, -0.15) is 0 Å². The van der Waals surface area contributed by atoms with E-state index in [9.17, 15) is 4.79 Å². The van der Waals surface area contributed by atoms with Crippen LogP contribution in [0.2, 0.25) is 0 Å². The molecule has 31 heavy (non-hydrogen) atoms. The molecule has 1 saturated heterocycles. The molecule has 4 nitrogen and oxygen atoms in total. The molecule has 1 saturated carbocycles. The number of hydrogen-bond acceptors (Lipinski definition) is 3. The minimum Gasteiger partial charge on any atom is -0.497 e. The number of carbonyl (C=O) groups is 1. The van der Waals surface area contributed by atoms with Crippen LogP contribution < -0.4 is 4.74 Å². The largest absolute Gasteiger partial charge is 0.497 e. The van der Waals surface area contributed by atoms with Gasteiger partial charge in [0.2, 0.25) is 5.91 Å². The molecule has 4 rings (SSSR count). The van der Waals surface area contributed by atoms with Crippen LogP contribution in [0.3, 0.4) is 0 Å². The Morgan fingerprint density at radius 3 is 2.35 bits per heavy atom. The number of ether oxygens (including phenoxy) is 1. The lowest BCUT2D eigenvalue weighted by Gasteiger charge is -2.29. The van der Waals surface area contributed by atoms with Gasteiger partial charge in [-0.25, -0.2) is 0 Å². The van der Waals surface area contributed by atoms with Gasteiger partial charge in [-0.3, -0.25) is 4.79 Å². The zero-order chi connectivity index (χ0) is 21.6. The predicted molar refractivity (Wildman–Crippen MR) is 125 cm³/mol. The molecule has 1 aliphatic carbocycles. The summed E-state index contributed by atoms with van der Waals surface area (Å²) in [6, 6.07) is 16.8. The van der Waals surface area contributed by atoms with Crippen molar-refractivity contribution in [2.24, 2.45) is 11.8 Å². The summed E-state index contributed by atoms with van der Waals surface area (Å²) < 4.78 is 5.31. The fraction of sp³-hybridized carbons (Fsp3) is 0.519. The zero-order valence-corrected chi connectivity index (χ0v) is 19.1. The van der Waals surface area contributed by atoms with Crippen molar-refractivity contribution in [2.45, 2.75) is 45.1 Å². The van der Waals surface area contributed by atoms with Crippen molar-refractivity contribution in [3.05, 3.63) is 65.2 Å². The quantitative estimate of drug-likeness (QED) is 0.596. The third-order valence-electron chi connectivity index (χ3n) is 6.78. The minimum absolute atomic E-state index is 0.204. The van der Waals surface area contributed by atoms with Gasteiger partial charge in [-0.1, -0.05) is 36.4 Å². The maximum absolute atomic E-state index is 13.1. The molecule has 4 heteroatoms. The summed E-state index contributed by atoms with van der Waals surface area (Å²) in [6.07, 6.45) is 6.70. The summed E-state index contributed by atoms with van der Waals surface area (Å²) >= 11 is 0. The van der Waals surface area contributed by atoms with Gasteiger partial charge >= 0.3 is 0 Å². The molecule has 2 aromatic carbocycles. The van der Waals surface area contributed by atoms with E-state index in [1.165, 1.54) is 56.3 Å². The topological polar surface area (TPSA) is 32.8 Å². The maximum atomic E-state index is 13.1. The fourth-order valence-electron chi connectivity index (χ4n) is 4.54. The zero-order valence-electron chi connectivity index (χ0n) is 19.1. The van der Waals surface area contributed by atoms with Crippen LogP contribution in [0.5, 0.6) is 5.75 Å². The van der Waals surface area contributed by atoms with Gasteiger partial charge < -0.3 is 14.5 Å². The van der Waals surface area contributed by atoms with Gasteiger partial charge in [-0.05, 0) is 92.9 Å². The smallest absolute Gasteiger partial charge is 0.227 e. The molecule has 2 aliphatic rings. The van der Waals surface area contributed by atoms with Crippen LogP contribution in [0.4, 0.5) is 0 Å². The Morgan fingerprint density at radius 1 is 0.968 bits per heavy atom. The second kappa shape index (κ2) is 10.3. The van der Waals surface area contributed by atoms with Crippen molar-refractivity contribution >= 4 is 5.91 Å². The lowest BCUT2D eigenvalue weighted by molar-refractivity contribution is -0.131. The summed E-state index contributed by atoms with van der Waals surface area (Å²) in [4.78, 5) is 17.6. The number of likely N-dealkylation sites (tertiary alicyclic amines) is 1. The van der Waals surface area contributed by atoms with Crippen LogP contribution in [0, 0.1) is 11.8 Å². The first-order valence-electron chi connectivity index (χ1n) is 11.8. The normalized spacial score (nSPS) is 17.5. The van der Waals surface area contributed by atoms with Gasteiger partial charge in [0.15, 0.2) is 0 Å². The first kappa shape index (κ1) is 21.9. The molecule has 0 spiro atoms. The van der Waals surface area contributed by atoms with Crippen molar-refractivity contribution in [2.75, 3.05) is 33.8 Å². The first-order valence-corrected chi connectivity index (χ1v) is 11.8. The van der Waals surface area contributed by atoms with Gasteiger partial charge in [-0.15, -0.1) is 0 Å². The molecule has 0 atom stereocenters. The molecule has 1 aliphatic heterocycles. The minimum atomic E-state index is 0.204. The molecule has 2 aromatic rings. The van der Waals surface area contributed by atoms with Crippen molar-refractivity contribution in [3.8, 4) is 5.75 Å². The van der Waals surface area contributed by atoms with Crippen LogP contribution in [-0.2, 0) is 24.2 Å². The molecule has 2 fully saturated rings. The first-order chi connectivity index (χ1) is 15.1. The number of amides is 1. The molecular weight excluding hydrogens is 384 g/mol. The van der Waals surface area contributed by atoms with Crippen molar-refractivity contribution in [1.29, 1.82) is 0 Å². The molecule has 0 aromatic heterocycles. The van der Waals surface area contributed by atoms with E-state index in [1.807, 2.05) is 24.3 Å². The lowest BCUT2D eigenvalue weighted by Crippen LogP contribution is -2.33. The van der Waals surface area contributed by atoms with E-state index in [2.05, 4.69) is 41.1 Å². The van der Waals surface area contributed by atoms with Gasteiger partial charge in [0.25, 0.3) is 0 Å². The molecule has 1 amide bonds. The summed E-state index contributed by atoms with van der Waals surface area (Å²) in [5.74, 6) is 2.49.